The first-order valence-electron chi connectivity index (χ1n) is 4.86. The van der Waals surface area contributed by atoms with Crippen molar-refractivity contribution in [2.75, 3.05) is 24.5 Å². The van der Waals surface area contributed by atoms with E-state index in [0.717, 1.165) is 0 Å². The van der Waals surface area contributed by atoms with Gasteiger partial charge in [-0.3, -0.25) is 4.98 Å². The van der Waals surface area contributed by atoms with E-state index in [0.29, 0.717) is 11.3 Å². The molecular formula is C10H14F3N3. The summed E-state index contributed by atoms with van der Waals surface area (Å²) in [7, 11) is 0. The average molecular weight is 233 g/mol. The van der Waals surface area contributed by atoms with E-state index < -0.39 is 12.7 Å². The summed E-state index contributed by atoms with van der Waals surface area (Å²) < 4.78 is 37.0. The normalized spacial score (nSPS) is 11.6. The molecule has 0 fully saturated rings. The molecule has 0 aliphatic carbocycles. The number of aromatic nitrogens is 1. The number of nitrogens with two attached hydrogens (primary N) is 1. The van der Waals surface area contributed by atoms with E-state index in [4.69, 9.17) is 5.73 Å². The number of alkyl halides is 3. The van der Waals surface area contributed by atoms with Crippen LogP contribution in [0.15, 0.2) is 18.5 Å². The molecule has 6 heteroatoms. The second-order valence-corrected chi connectivity index (χ2v) is 3.49. The molecule has 2 N–H and O–H groups in total. The van der Waals surface area contributed by atoms with E-state index >= 15 is 0 Å². The van der Waals surface area contributed by atoms with Gasteiger partial charge in [0, 0.05) is 31.2 Å². The molecular weight excluding hydrogens is 219 g/mol. The van der Waals surface area contributed by atoms with Gasteiger partial charge in [0.15, 0.2) is 0 Å². The van der Waals surface area contributed by atoms with Crippen LogP contribution >= 0.6 is 0 Å². The van der Waals surface area contributed by atoms with Gasteiger partial charge in [-0.1, -0.05) is 0 Å². The minimum absolute atomic E-state index is 0.171. The third kappa shape index (κ3) is 3.69. The van der Waals surface area contributed by atoms with Crippen molar-refractivity contribution in [1.82, 2.24) is 4.98 Å². The number of nitrogens with zero attached hydrogens (tertiary/aromatic N) is 2. The Kier molecular flexibility index (Phi) is 4.12. The van der Waals surface area contributed by atoms with Crippen LogP contribution in [0.5, 0.6) is 0 Å². The molecule has 16 heavy (non-hydrogen) atoms. The fourth-order valence-corrected chi connectivity index (χ4v) is 1.48. The van der Waals surface area contributed by atoms with Crippen molar-refractivity contribution in [3.05, 3.63) is 24.0 Å². The number of halogens is 3. The lowest BCUT2D eigenvalue weighted by atomic mass is 10.2. The maximum absolute atomic E-state index is 12.3. The molecule has 0 atom stereocenters. The number of hydrogen-bond acceptors (Lipinski definition) is 3. The zero-order valence-corrected chi connectivity index (χ0v) is 8.96. The van der Waals surface area contributed by atoms with Crippen LogP contribution in [0, 0.1) is 6.92 Å². The molecule has 3 nitrogen and oxygen atoms in total. The van der Waals surface area contributed by atoms with E-state index in [9.17, 15) is 13.2 Å². The Morgan fingerprint density at radius 2 is 2.12 bits per heavy atom. The summed E-state index contributed by atoms with van der Waals surface area (Å²) >= 11 is 0. The Labute approximate surface area is 92.1 Å². The van der Waals surface area contributed by atoms with Crippen molar-refractivity contribution in [3.63, 3.8) is 0 Å². The minimum Gasteiger partial charge on any atom is -0.361 e. The molecule has 0 aliphatic rings. The maximum Gasteiger partial charge on any atom is 0.405 e. The summed E-state index contributed by atoms with van der Waals surface area (Å²) in [6, 6.07) is 1.57. The van der Waals surface area contributed by atoms with Crippen LogP contribution in [-0.4, -0.2) is 30.8 Å². The zero-order valence-electron chi connectivity index (χ0n) is 8.96. The summed E-state index contributed by atoms with van der Waals surface area (Å²) in [5.74, 6) is 0. The van der Waals surface area contributed by atoms with E-state index in [-0.39, 0.29) is 13.1 Å². The molecule has 0 spiro atoms. The molecule has 0 bridgehead atoms. The monoisotopic (exact) mass is 233 g/mol. The molecule has 90 valence electrons. The topological polar surface area (TPSA) is 42.2 Å². The summed E-state index contributed by atoms with van der Waals surface area (Å²) in [6.45, 7) is 1.08. The quantitative estimate of drug-likeness (QED) is 0.861. The Morgan fingerprint density at radius 3 is 2.62 bits per heavy atom. The van der Waals surface area contributed by atoms with E-state index in [1.165, 1.54) is 17.3 Å². The van der Waals surface area contributed by atoms with Crippen molar-refractivity contribution >= 4 is 5.69 Å². The SMILES string of the molecule is Cc1cnccc1N(CCN)CC(F)(F)F. The molecule has 0 unspecified atom stereocenters. The van der Waals surface area contributed by atoms with Crippen LogP contribution in [-0.2, 0) is 0 Å². The fraction of sp³-hybridized carbons (Fsp3) is 0.500. The van der Waals surface area contributed by atoms with Crippen molar-refractivity contribution in [2.24, 2.45) is 5.73 Å². The molecule has 0 aromatic carbocycles. The third-order valence-electron chi connectivity index (χ3n) is 2.10. The zero-order chi connectivity index (χ0) is 12.2. The van der Waals surface area contributed by atoms with Gasteiger partial charge in [0.05, 0.1) is 0 Å². The number of rotatable bonds is 4. The highest BCUT2D eigenvalue weighted by Crippen LogP contribution is 2.23. The first-order chi connectivity index (χ1) is 7.44. The Morgan fingerprint density at radius 1 is 1.44 bits per heavy atom. The fourth-order valence-electron chi connectivity index (χ4n) is 1.48. The lowest BCUT2D eigenvalue weighted by Gasteiger charge is -2.26. The predicted molar refractivity (Wildman–Crippen MR) is 56.3 cm³/mol. The summed E-state index contributed by atoms with van der Waals surface area (Å²) in [4.78, 5) is 5.06. The van der Waals surface area contributed by atoms with Gasteiger partial charge in [-0.05, 0) is 18.6 Å². The standard InChI is InChI=1S/C10H14F3N3/c1-8-6-15-4-2-9(8)16(5-3-14)7-10(11,12)13/h2,4,6H,3,5,7,14H2,1H3. The van der Waals surface area contributed by atoms with Gasteiger partial charge in [-0.25, -0.2) is 0 Å². The van der Waals surface area contributed by atoms with Gasteiger partial charge in [0.25, 0.3) is 0 Å². The van der Waals surface area contributed by atoms with Crippen molar-refractivity contribution in [3.8, 4) is 0 Å². The minimum atomic E-state index is -4.23. The van der Waals surface area contributed by atoms with Crippen LogP contribution in [0.2, 0.25) is 0 Å². The number of pyridine rings is 1. The van der Waals surface area contributed by atoms with Crippen LogP contribution in [0.1, 0.15) is 5.56 Å². The van der Waals surface area contributed by atoms with Gasteiger partial charge in [-0.2, -0.15) is 13.2 Å². The first kappa shape index (κ1) is 12.8. The van der Waals surface area contributed by atoms with Crippen LogP contribution in [0.4, 0.5) is 18.9 Å². The largest absolute Gasteiger partial charge is 0.405 e. The van der Waals surface area contributed by atoms with Crippen molar-refractivity contribution in [1.29, 1.82) is 0 Å². The summed E-state index contributed by atoms with van der Waals surface area (Å²) in [5, 5.41) is 0. The second kappa shape index (κ2) is 5.16. The van der Waals surface area contributed by atoms with Gasteiger partial charge in [0.1, 0.15) is 6.54 Å². The van der Waals surface area contributed by atoms with Gasteiger partial charge < -0.3 is 10.6 Å². The third-order valence-corrected chi connectivity index (χ3v) is 2.10. The predicted octanol–water partition coefficient (Wildman–Crippen LogP) is 1.72. The van der Waals surface area contributed by atoms with Crippen LogP contribution in [0.3, 0.4) is 0 Å². The lowest BCUT2D eigenvalue weighted by Crippen LogP contribution is -2.38. The molecule has 1 heterocycles. The maximum atomic E-state index is 12.3. The second-order valence-electron chi connectivity index (χ2n) is 3.49. The Bertz CT molecular complexity index is 338. The Balaban J connectivity index is 2.89. The van der Waals surface area contributed by atoms with Gasteiger partial charge in [0.2, 0.25) is 0 Å². The van der Waals surface area contributed by atoms with Gasteiger partial charge in [-0.15, -0.1) is 0 Å². The lowest BCUT2D eigenvalue weighted by molar-refractivity contribution is -0.119. The smallest absolute Gasteiger partial charge is 0.361 e. The Hall–Kier alpha value is -1.30. The van der Waals surface area contributed by atoms with Crippen LogP contribution in [0.25, 0.3) is 0 Å². The molecule has 0 aliphatic heterocycles. The van der Waals surface area contributed by atoms with Gasteiger partial charge >= 0.3 is 6.18 Å². The molecule has 1 aromatic heterocycles. The molecule has 0 amide bonds. The number of hydrogen-bond donors (Lipinski definition) is 1. The summed E-state index contributed by atoms with van der Waals surface area (Å²) in [6.07, 6.45) is -1.22. The molecule has 0 saturated heterocycles. The molecule has 1 rings (SSSR count). The highest BCUT2D eigenvalue weighted by Gasteiger charge is 2.31. The van der Waals surface area contributed by atoms with E-state index in [1.54, 1.807) is 13.0 Å². The molecule has 0 radical (unpaired) electrons. The average Bonchev–Trinajstić information content (AvgIpc) is 2.16. The van der Waals surface area contributed by atoms with Crippen molar-refractivity contribution < 1.29 is 13.2 Å². The van der Waals surface area contributed by atoms with E-state index in [2.05, 4.69) is 4.98 Å². The molecule has 1 aromatic rings. The molecule has 0 saturated carbocycles. The summed E-state index contributed by atoms with van der Waals surface area (Å²) in [5.41, 5.74) is 6.55. The van der Waals surface area contributed by atoms with E-state index in [1.807, 2.05) is 0 Å². The highest BCUT2D eigenvalue weighted by molar-refractivity contribution is 5.51. The highest BCUT2D eigenvalue weighted by atomic mass is 19.4. The number of aryl methyl sites for hydroxylation is 1. The first-order valence-corrected chi connectivity index (χ1v) is 4.86. The van der Waals surface area contributed by atoms with Crippen molar-refractivity contribution in [2.45, 2.75) is 13.1 Å². The number of anilines is 1. The van der Waals surface area contributed by atoms with Crippen LogP contribution < -0.4 is 10.6 Å².